The Morgan fingerprint density at radius 1 is 1.30 bits per heavy atom. The van der Waals surface area contributed by atoms with Crippen LogP contribution in [0.4, 0.5) is 0 Å². The summed E-state index contributed by atoms with van der Waals surface area (Å²) in [6.45, 7) is 3.10. The third kappa shape index (κ3) is 2.49. The minimum atomic E-state index is 0.0890. The fourth-order valence-corrected chi connectivity index (χ4v) is 3.62. The molecule has 2 aromatic heterocycles. The van der Waals surface area contributed by atoms with E-state index >= 15 is 0 Å². The number of nitrogens with one attached hydrogen (secondary N) is 1. The molecule has 0 aliphatic carbocycles. The average Bonchev–Trinajstić information content (AvgIpc) is 3.07. The zero-order valence-electron chi connectivity index (χ0n) is 11.2. The van der Waals surface area contributed by atoms with Crippen LogP contribution in [0.3, 0.4) is 0 Å². The van der Waals surface area contributed by atoms with Crippen LogP contribution in [0.5, 0.6) is 0 Å². The Balaban J connectivity index is 2.07. The van der Waals surface area contributed by atoms with E-state index in [9.17, 15) is 0 Å². The molecule has 0 saturated carbocycles. The first-order chi connectivity index (χ1) is 9.81. The molecule has 1 aromatic carbocycles. The fraction of sp³-hybridized carbons (Fsp3) is 0.250. The maximum Gasteiger partial charge on any atom is 0.134 e. The molecule has 0 radical (unpaired) electrons. The molecule has 0 aliphatic heterocycles. The Kier molecular flexibility index (Phi) is 4.10. The van der Waals surface area contributed by atoms with E-state index in [0.29, 0.717) is 0 Å². The number of halogens is 1. The number of furan rings is 1. The van der Waals surface area contributed by atoms with Crippen LogP contribution in [-0.4, -0.2) is 6.54 Å². The maximum absolute atomic E-state index is 6.32. The highest BCUT2D eigenvalue weighted by Crippen LogP contribution is 2.36. The summed E-state index contributed by atoms with van der Waals surface area (Å²) in [6, 6.07) is 10.1. The van der Waals surface area contributed by atoms with Crippen molar-refractivity contribution in [3.63, 3.8) is 0 Å². The van der Waals surface area contributed by atoms with Gasteiger partial charge in [0.1, 0.15) is 5.58 Å². The second-order valence-corrected chi connectivity index (χ2v) is 6.06. The second-order valence-electron chi connectivity index (χ2n) is 4.71. The molecule has 3 aromatic rings. The molecular formula is C16H16ClNOS. The maximum atomic E-state index is 6.32. The van der Waals surface area contributed by atoms with Gasteiger partial charge in [0.25, 0.3) is 0 Å². The number of hydrogen-bond donors (Lipinski definition) is 1. The second kappa shape index (κ2) is 6.00. The molecule has 104 valence electrons. The van der Waals surface area contributed by atoms with Crippen molar-refractivity contribution in [2.45, 2.75) is 19.4 Å². The van der Waals surface area contributed by atoms with Crippen molar-refractivity contribution in [1.82, 2.24) is 5.32 Å². The summed E-state index contributed by atoms with van der Waals surface area (Å²) < 4.78 is 5.67. The van der Waals surface area contributed by atoms with Gasteiger partial charge >= 0.3 is 0 Å². The summed E-state index contributed by atoms with van der Waals surface area (Å²) in [5, 5.41) is 7.56. The number of fused-ring (bicyclic) bond motifs is 1. The molecule has 4 heteroatoms. The minimum Gasteiger partial charge on any atom is -0.464 e. The number of thiophene rings is 1. The lowest BCUT2D eigenvalue weighted by Gasteiger charge is -2.17. The number of para-hydroxylation sites is 1. The van der Waals surface area contributed by atoms with E-state index in [1.165, 1.54) is 0 Å². The molecule has 0 saturated heterocycles. The van der Waals surface area contributed by atoms with Crippen molar-refractivity contribution in [3.05, 3.63) is 57.4 Å². The van der Waals surface area contributed by atoms with Gasteiger partial charge in [-0.1, -0.05) is 36.7 Å². The highest BCUT2D eigenvalue weighted by molar-refractivity contribution is 7.10. The molecule has 1 unspecified atom stereocenters. The summed E-state index contributed by atoms with van der Waals surface area (Å²) in [5.41, 5.74) is 2.07. The number of hydrogen-bond acceptors (Lipinski definition) is 3. The first-order valence-corrected chi connectivity index (χ1v) is 7.99. The normalized spacial score (nSPS) is 12.9. The van der Waals surface area contributed by atoms with E-state index in [1.54, 1.807) is 11.3 Å². The first kappa shape index (κ1) is 13.7. The number of rotatable bonds is 5. The Labute approximate surface area is 127 Å². The van der Waals surface area contributed by atoms with Crippen LogP contribution in [0.15, 0.2) is 46.4 Å². The summed E-state index contributed by atoms with van der Waals surface area (Å²) in [4.78, 5) is 1.15. The van der Waals surface area contributed by atoms with Crippen LogP contribution in [0.25, 0.3) is 11.0 Å². The van der Waals surface area contributed by atoms with Crippen molar-refractivity contribution in [3.8, 4) is 0 Å². The van der Waals surface area contributed by atoms with Crippen molar-refractivity contribution in [1.29, 1.82) is 0 Å². The Hall–Kier alpha value is -1.29. The lowest BCUT2D eigenvalue weighted by Crippen LogP contribution is -2.22. The zero-order valence-corrected chi connectivity index (χ0v) is 12.8. The predicted octanol–water partition coefficient (Wildman–Crippen LogP) is 5.24. The van der Waals surface area contributed by atoms with Crippen LogP contribution in [0.1, 0.15) is 29.8 Å². The Morgan fingerprint density at radius 3 is 2.90 bits per heavy atom. The van der Waals surface area contributed by atoms with Crippen molar-refractivity contribution in [2.75, 3.05) is 6.54 Å². The molecule has 0 bridgehead atoms. The van der Waals surface area contributed by atoms with Gasteiger partial charge in [-0.2, -0.15) is 0 Å². The summed E-state index contributed by atoms with van der Waals surface area (Å²) in [7, 11) is 0. The molecule has 0 fully saturated rings. The van der Waals surface area contributed by atoms with Crippen LogP contribution < -0.4 is 5.32 Å². The van der Waals surface area contributed by atoms with Gasteiger partial charge in [0, 0.05) is 15.8 Å². The molecule has 1 N–H and O–H groups in total. The minimum absolute atomic E-state index is 0.0890. The van der Waals surface area contributed by atoms with Gasteiger partial charge in [-0.05, 0) is 30.5 Å². The standard InChI is InChI=1S/C16H16ClNOS/c1-2-8-18-15(16-13(17)7-9-20-16)12-10-19-14-6-4-3-5-11(12)14/h3-7,9-10,15,18H,2,8H2,1H3. The van der Waals surface area contributed by atoms with E-state index in [2.05, 4.69) is 18.3 Å². The topological polar surface area (TPSA) is 25.2 Å². The average molecular weight is 306 g/mol. The van der Waals surface area contributed by atoms with Crippen LogP contribution in [-0.2, 0) is 0 Å². The molecule has 1 atom stereocenters. The van der Waals surface area contributed by atoms with Gasteiger partial charge in [0.15, 0.2) is 0 Å². The molecule has 0 aliphatic rings. The van der Waals surface area contributed by atoms with Gasteiger partial charge in [-0.25, -0.2) is 0 Å². The monoisotopic (exact) mass is 305 g/mol. The van der Waals surface area contributed by atoms with Gasteiger partial charge < -0.3 is 9.73 Å². The molecule has 2 nitrogen and oxygen atoms in total. The van der Waals surface area contributed by atoms with Gasteiger partial charge in [0.2, 0.25) is 0 Å². The van der Waals surface area contributed by atoms with Crippen LogP contribution in [0.2, 0.25) is 5.02 Å². The lowest BCUT2D eigenvalue weighted by atomic mass is 10.0. The van der Waals surface area contributed by atoms with E-state index in [-0.39, 0.29) is 6.04 Å². The Morgan fingerprint density at radius 2 is 2.15 bits per heavy atom. The third-order valence-corrected chi connectivity index (χ3v) is 4.75. The third-order valence-electron chi connectivity index (χ3n) is 3.33. The van der Waals surface area contributed by atoms with Gasteiger partial charge in [0.05, 0.1) is 17.3 Å². The lowest BCUT2D eigenvalue weighted by molar-refractivity contribution is 0.576. The molecule has 3 rings (SSSR count). The molecule has 20 heavy (non-hydrogen) atoms. The highest BCUT2D eigenvalue weighted by Gasteiger charge is 2.21. The zero-order chi connectivity index (χ0) is 13.9. The van der Waals surface area contributed by atoms with E-state index in [4.69, 9.17) is 16.0 Å². The van der Waals surface area contributed by atoms with Crippen molar-refractivity contribution < 1.29 is 4.42 Å². The smallest absolute Gasteiger partial charge is 0.134 e. The summed E-state index contributed by atoms with van der Waals surface area (Å²) in [5.74, 6) is 0. The molecule has 0 amide bonds. The summed E-state index contributed by atoms with van der Waals surface area (Å²) >= 11 is 8.00. The molecule has 0 spiro atoms. The Bertz CT molecular complexity index is 703. The van der Waals surface area contributed by atoms with Gasteiger partial charge in [-0.15, -0.1) is 11.3 Å². The quantitative estimate of drug-likeness (QED) is 0.697. The summed E-state index contributed by atoms with van der Waals surface area (Å²) in [6.07, 6.45) is 2.92. The largest absolute Gasteiger partial charge is 0.464 e. The van der Waals surface area contributed by atoms with Crippen molar-refractivity contribution >= 4 is 33.9 Å². The van der Waals surface area contributed by atoms with Crippen molar-refractivity contribution in [2.24, 2.45) is 0 Å². The first-order valence-electron chi connectivity index (χ1n) is 6.73. The van der Waals surface area contributed by atoms with Gasteiger partial charge in [-0.3, -0.25) is 0 Å². The van der Waals surface area contributed by atoms with E-state index in [0.717, 1.165) is 39.4 Å². The predicted molar refractivity (Wildman–Crippen MR) is 85.7 cm³/mol. The molecular weight excluding hydrogens is 290 g/mol. The van der Waals surface area contributed by atoms with E-state index in [1.807, 2.05) is 35.9 Å². The SMILES string of the molecule is CCCNC(c1sccc1Cl)c1coc2ccccc12. The fourth-order valence-electron chi connectivity index (χ4n) is 2.37. The van der Waals surface area contributed by atoms with E-state index < -0.39 is 0 Å². The van der Waals surface area contributed by atoms with Crippen LogP contribution in [0, 0.1) is 0 Å². The highest BCUT2D eigenvalue weighted by atomic mass is 35.5. The number of benzene rings is 1. The molecule has 2 heterocycles. The van der Waals surface area contributed by atoms with Crippen LogP contribution >= 0.6 is 22.9 Å².